The molecule has 0 aromatic carbocycles. The maximum atomic E-state index is 12.8. The zero-order valence-electron chi connectivity index (χ0n) is 16.6. The van der Waals surface area contributed by atoms with E-state index in [9.17, 15) is 22.8 Å². The van der Waals surface area contributed by atoms with Crippen LogP contribution >= 0.6 is 23.1 Å². The average molecular weight is 463 g/mol. The second-order valence-corrected chi connectivity index (χ2v) is 9.02. The van der Waals surface area contributed by atoms with Gasteiger partial charge in [0.15, 0.2) is 5.16 Å². The van der Waals surface area contributed by atoms with Gasteiger partial charge in [-0.3, -0.25) is 4.79 Å². The van der Waals surface area contributed by atoms with Gasteiger partial charge in [0.1, 0.15) is 5.00 Å². The smallest absolute Gasteiger partial charge is 0.451 e. The fourth-order valence-electron chi connectivity index (χ4n) is 3.24. The Hall–Kier alpha value is -2.08. The lowest BCUT2D eigenvalue weighted by Gasteiger charge is -2.18. The van der Waals surface area contributed by atoms with Gasteiger partial charge in [-0.1, -0.05) is 18.7 Å². The lowest BCUT2D eigenvalue weighted by molar-refractivity contribution is -0.147. The van der Waals surface area contributed by atoms with Crippen LogP contribution in [0.3, 0.4) is 0 Å². The molecular weight excluding hydrogens is 441 g/mol. The molecule has 7 nitrogen and oxygen atoms in total. The van der Waals surface area contributed by atoms with Crippen molar-refractivity contribution >= 4 is 40.0 Å². The minimum Gasteiger partial charge on any atom is -0.462 e. The van der Waals surface area contributed by atoms with Crippen LogP contribution in [-0.2, 0) is 35.6 Å². The fraction of sp³-hybridized carbons (Fsp3) is 0.556. The van der Waals surface area contributed by atoms with E-state index in [4.69, 9.17) is 4.74 Å². The van der Waals surface area contributed by atoms with E-state index >= 15 is 0 Å². The molecule has 1 atom stereocenters. The lowest BCUT2D eigenvalue weighted by atomic mass is 9.88. The van der Waals surface area contributed by atoms with E-state index in [0.717, 1.165) is 46.0 Å². The predicted octanol–water partition coefficient (Wildman–Crippen LogP) is 3.93. The average Bonchev–Trinajstić information content (AvgIpc) is 3.19. The number of hydrogen-bond acceptors (Lipinski definition) is 7. The number of aromatic nitrogens is 3. The predicted molar refractivity (Wildman–Crippen MR) is 107 cm³/mol. The Kier molecular flexibility index (Phi) is 6.75. The van der Waals surface area contributed by atoms with Crippen molar-refractivity contribution in [2.24, 2.45) is 13.0 Å². The summed E-state index contributed by atoms with van der Waals surface area (Å²) in [6, 6.07) is 0. The molecule has 30 heavy (non-hydrogen) atoms. The Balaban J connectivity index is 1.74. The highest BCUT2D eigenvalue weighted by Crippen LogP contribution is 2.40. The number of esters is 1. The van der Waals surface area contributed by atoms with Crippen molar-refractivity contribution in [1.82, 2.24) is 14.8 Å². The van der Waals surface area contributed by atoms with Gasteiger partial charge in [0.25, 0.3) is 0 Å². The van der Waals surface area contributed by atoms with E-state index in [1.165, 1.54) is 18.4 Å². The summed E-state index contributed by atoms with van der Waals surface area (Å²) in [4.78, 5) is 26.0. The largest absolute Gasteiger partial charge is 0.462 e. The van der Waals surface area contributed by atoms with Gasteiger partial charge < -0.3 is 14.6 Å². The topological polar surface area (TPSA) is 86.1 Å². The van der Waals surface area contributed by atoms with Gasteiger partial charge in [-0.15, -0.1) is 21.5 Å². The first kappa shape index (κ1) is 22.6. The van der Waals surface area contributed by atoms with Crippen molar-refractivity contribution in [3.8, 4) is 0 Å². The number of nitrogens with zero attached hydrogens (tertiary/aromatic N) is 3. The SMILES string of the molecule is CCOC(=O)c1c(NC(=O)CSc2nnc(C(F)(F)F)n2C)sc2c1CC[C@@H](C)C2. The number of ether oxygens (including phenoxy) is 1. The van der Waals surface area contributed by atoms with Crippen molar-refractivity contribution in [2.75, 3.05) is 17.7 Å². The molecule has 0 unspecified atom stereocenters. The molecule has 0 spiro atoms. The van der Waals surface area contributed by atoms with Gasteiger partial charge in [-0.2, -0.15) is 13.2 Å². The second kappa shape index (κ2) is 8.96. The number of rotatable bonds is 6. The van der Waals surface area contributed by atoms with Crippen LogP contribution in [0.1, 0.15) is 46.9 Å². The molecule has 2 heterocycles. The molecule has 2 aromatic rings. The molecule has 1 N–H and O–H groups in total. The molecular formula is C18H21F3N4O3S2. The van der Waals surface area contributed by atoms with Gasteiger partial charge in [0.05, 0.1) is 17.9 Å². The normalized spacial score (nSPS) is 16.3. The van der Waals surface area contributed by atoms with E-state index < -0.39 is 23.9 Å². The third-order valence-electron chi connectivity index (χ3n) is 4.67. The van der Waals surface area contributed by atoms with E-state index in [0.29, 0.717) is 16.5 Å². The molecule has 2 aromatic heterocycles. The number of halogens is 3. The summed E-state index contributed by atoms with van der Waals surface area (Å²) >= 11 is 2.19. The minimum absolute atomic E-state index is 0.0256. The molecule has 164 valence electrons. The number of hydrogen-bond donors (Lipinski definition) is 1. The van der Waals surface area contributed by atoms with E-state index in [1.54, 1.807) is 6.92 Å². The van der Waals surface area contributed by atoms with Gasteiger partial charge in [0.2, 0.25) is 11.7 Å². The summed E-state index contributed by atoms with van der Waals surface area (Å²) < 4.78 is 44.4. The lowest BCUT2D eigenvalue weighted by Crippen LogP contribution is -2.18. The number of carbonyl (C=O) groups excluding carboxylic acids is 2. The van der Waals surface area contributed by atoms with Crippen molar-refractivity contribution in [1.29, 1.82) is 0 Å². The Bertz CT molecular complexity index is 955. The van der Waals surface area contributed by atoms with Crippen molar-refractivity contribution in [3.05, 3.63) is 21.8 Å². The summed E-state index contributed by atoms with van der Waals surface area (Å²) in [5.41, 5.74) is 1.31. The van der Waals surface area contributed by atoms with Crippen LogP contribution in [0.4, 0.5) is 18.2 Å². The molecule has 1 aliphatic carbocycles. The van der Waals surface area contributed by atoms with E-state index in [1.807, 2.05) is 0 Å². The molecule has 3 rings (SSSR count). The summed E-state index contributed by atoms with van der Waals surface area (Å²) in [5, 5.41) is 9.76. The van der Waals surface area contributed by atoms with Crippen LogP contribution < -0.4 is 5.32 Å². The van der Waals surface area contributed by atoms with Gasteiger partial charge >= 0.3 is 12.1 Å². The zero-order chi connectivity index (χ0) is 22.1. The first-order valence-electron chi connectivity index (χ1n) is 9.32. The molecule has 12 heteroatoms. The number of alkyl halides is 3. The first-order chi connectivity index (χ1) is 14.1. The van der Waals surface area contributed by atoms with Crippen LogP contribution in [0.25, 0.3) is 0 Å². The Morgan fingerprint density at radius 2 is 2.10 bits per heavy atom. The second-order valence-electron chi connectivity index (χ2n) is 6.98. The molecule has 0 saturated carbocycles. The maximum absolute atomic E-state index is 12.8. The molecule has 0 fully saturated rings. The summed E-state index contributed by atoms with van der Waals surface area (Å²) in [7, 11) is 1.19. The summed E-state index contributed by atoms with van der Waals surface area (Å²) in [6.07, 6.45) is -2.10. The number of fused-ring (bicyclic) bond motifs is 1. The Labute approximate surface area is 179 Å². The highest BCUT2D eigenvalue weighted by atomic mass is 32.2. The number of thioether (sulfide) groups is 1. The third-order valence-corrected chi connectivity index (χ3v) is 6.86. The van der Waals surface area contributed by atoms with Crippen LogP contribution in [0.2, 0.25) is 0 Å². The molecule has 0 saturated heterocycles. The van der Waals surface area contributed by atoms with Gasteiger partial charge in [0, 0.05) is 11.9 Å². The number of nitrogens with one attached hydrogen (secondary N) is 1. The van der Waals surface area contributed by atoms with Crippen LogP contribution in [0.15, 0.2) is 5.16 Å². The van der Waals surface area contributed by atoms with Crippen LogP contribution in [-0.4, -0.2) is 39.0 Å². The summed E-state index contributed by atoms with van der Waals surface area (Å²) in [5.74, 6) is -1.74. The van der Waals surface area contributed by atoms with Crippen molar-refractivity contribution in [3.63, 3.8) is 0 Å². The molecule has 0 bridgehead atoms. The van der Waals surface area contributed by atoms with Crippen LogP contribution in [0, 0.1) is 5.92 Å². The maximum Gasteiger partial charge on any atom is 0.451 e. The van der Waals surface area contributed by atoms with Gasteiger partial charge in [-0.05, 0) is 37.7 Å². The van der Waals surface area contributed by atoms with E-state index in [2.05, 4.69) is 22.4 Å². The molecule has 0 radical (unpaired) electrons. The fourth-order valence-corrected chi connectivity index (χ4v) is 5.36. The first-order valence-corrected chi connectivity index (χ1v) is 11.1. The number of amides is 1. The molecule has 1 aliphatic rings. The number of thiophene rings is 1. The monoisotopic (exact) mass is 462 g/mol. The minimum atomic E-state index is -4.62. The molecule has 1 amide bonds. The Morgan fingerprint density at radius 3 is 2.73 bits per heavy atom. The quantitative estimate of drug-likeness (QED) is 0.517. The van der Waals surface area contributed by atoms with Crippen LogP contribution in [0.5, 0.6) is 0 Å². The summed E-state index contributed by atoms with van der Waals surface area (Å²) in [6.45, 7) is 4.07. The zero-order valence-corrected chi connectivity index (χ0v) is 18.3. The highest BCUT2D eigenvalue weighted by Gasteiger charge is 2.37. The standard InChI is InChI=1S/C18H21F3N4O3S2/c1-4-28-15(27)13-10-6-5-9(2)7-11(10)30-14(13)22-12(26)8-29-17-24-23-16(25(17)3)18(19,20)21/h9H,4-8H2,1-3H3,(H,22,26)/t9-/m1/s1. The Morgan fingerprint density at radius 1 is 1.37 bits per heavy atom. The van der Waals surface area contributed by atoms with E-state index in [-0.39, 0.29) is 17.5 Å². The highest BCUT2D eigenvalue weighted by molar-refractivity contribution is 7.99. The van der Waals surface area contributed by atoms with Gasteiger partial charge in [-0.25, -0.2) is 4.79 Å². The number of anilines is 1. The van der Waals surface area contributed by atoms with Crippen molar-refractivity contribution < 1.29 is 27.5 Å². The third kappa shape index (κ3) is 4.80. The molecule has 0 aliphatic heterocycles. The van der Waals surface area contributed by atoms with Crippen molar-refractivity contribution in [2.45, 2.75) is 44.4 Å². The number of carbonyl (C=O) groups is 2.